The van der Waals surface area contributed by atoms with E-state index in [0.717, 1.165) is 29.7 Å². The molecule has 0 aromatic heterocycles. The molecule has 2 saturated carbocycles. The highest BCUT2D eigenvalue weighted by Crippen LogP contribution is 2.30. The number of nitrogens with one attached hydrogen (secondary N) is 1. The van der Waals surface area contributed by atoms with Crippen molar-refractivity contribution in [1.82, 2.24) is 5.32 Å². The van der Waals surface area contributed by atoms with Gasteiger partial charge in [-0.1, -0.05) is 46.5 Å². The van der Waals surface area contributed by atoms with Gasteiger partial charge in [-0.2, -0.15) is 0 Å². The van der Waals surface area contributed by atoms with Gasteiger partial charge >= 0.3 is 0 Å². The molecule has 19 heavy (non-hydrogen) atoms. The van der Waals surface area contributed by atoms with Crippen molar-refractivity contribution < 1.29 is 0 Å². The quantitative estimate of drug-likeness (QED) is 0.705. The second kappa shape index (κ2) is 7.67. The number of rotatable bonds is 4. The maximum Gasteiger partial charge on any atom is 0.00672 e. The summed E-state index contributed by atoms with van der Waals surface area (Å²) in [5, 5.41) is 3.91. The smallest absolute Gasteiger partial charge is 0.00672 e. The van der Waals surface area contributed by atoms with Gasteiger partial charge < -0.3 is 5.32 Å². The van der Waals surface area contributed by atoms with Gasteiger partial charge in [0.05, 0.1) is 0 Å². The molecule has 4 atom stereocenters. The molecule has 0 heterocycles. The molecular formula is C18H35N. The molecule has 0 aliphatic heterocycles. The van der Waals surface area contributed by atoms with Gasteiger partial charge in [-0.05, 0) is 62.3 Å². The standard InChI is InChI=1S/C18H35N/c1-14(2)17-8-5-9-18(11-10-17)19-13-16-7-4-6-15(3)12-16/h14-19H,4-13H2,1-3H3. The normalized spacial score (nSPS) is 37.3. The van der Waals surface area contributed by atoms with E-state index in [-0.39, 0.29) is 0 Å². The Hall–Kier alpha value is -0.0400. The summed E-state index contributed by atoms with van der Waals surface area (Å²) in [6.45, 7) is 8.54. The van der Waals surface area contributed by atoms with Gasteiger partial charge in [0.15, 0.2) is 0 Å². The van der Waals surface area contributed by atoms with Crippen molar-refractivity contribution in [2.24, 2.45) is 23.7 Å². The van der Waals surface area contributed by atoms with Crippen LogP contribution in [0.25, 0.3) is 0 Å². The fourth-order valence-electron chi connectivity index (χ4n) is 4.28. The maximum atomic E-state index is 3.91. The van der Waals surface area contributed by atoms with E-state index in [1.165, 1.54) is 64.3 Å². The van der Waals surface area contributed by atoms with Gasteiger partial charge in [-0.15, -0.1) is 0 Å². The molecule has 2 rings (SSSR count). The highest BCUT2D eigenvalue weighted by molar-refractivity contribution is 4.79. The van der Waals surface area contributed by atoms with Crippen LogP contribution in [-0.2, 0) is 0 Å². The lowest BCUT2D eigenvalue weighted by atomic mass is 9.82. The van der Waals surface area contributed by atoms with Crippen LogP contribution in [0.1, 0.15) is 78.6 Å². The van der Waals surface area contributed by atoms with Crippen LogP contribution in [0.4, 0.5) is 0 Å². The summed E-state index contributed by atoms with van der Waals surface area (Å²) < 4.78 is 0. The SMILES string of the molecule is CC1CCCC(CNC2CCCC(C(C)C)CC2)C1. The Labute approximate surface area is 120 Å². The summed E-state index contributed by atoms with van der Waals surface area (Å²) in [6, 6.07) is 0.820. The Kier molecular flexibility index (Phi) is 6.19. The molecule has 0 radical (unpaired) electrons. The van der Waals surface area contributed by atoms with Crippen LogP contribution in [0.3, 0.4) is 0 Å². The van der Waals surface area contributed by atoms with E-state index in [9.17, 15) is 0 Å². The third-order valence-corrected chi connectivity index (χ3v) is 5.70. The van der Waals surface area contributed by atoms with Gasteiger partial charge in [-0.25, -0.2) is 0 Å². The molecule has 2 fully saturated rings. The molecule has 0 aromatic carbocycles. The predicted molar refractivity (Wildman–Crippen MR) is 84.3 cm³/mol. The molecule has 2 aliphatic rings. The largest absolute Gasteiger partial charge is 0.314 e. The Morgan fingerprint density at radius 2 is 1.74 bits per heavy atom. The molecule has 4 unspecified atom stereocenters. The molecule has 1 nitrogen and oxygen atoms in total. The minimum Gasteiger partial charge on any atom is -0.314 e. The molecule has 0 aromatic rings. The van der Waals surface area contributed by atoms with Crippen molar-refractivity contribution in [3.63, 3.8) is 0 Å². The van der Waals surface area contributed by atoms with Crippen molar-refractivity contribution in [1.29, 1.82) is 0 Å². The second-order valence-electron chi connectivity index (χ2n) is 7.76. The zero-order chi connectivity index (χ0) is 13.7. The van der Waals surface area contributed by atoms with E-state index in [4.69, 9.17) is 0 Å². The van der Waals surface area contributed by atoms with Crippen molar-refractivity contribution in [2.45, 2.75) is 84.6 Å². The zero-order valence-electron chi connectivity index (χ0n) is 13.5. The topological polar surface area (TPSA) is 12.0 Å². The van der Waals surface area contributed by atoms with Gasteiger partial charge in [0.1, 0.15) is 0 Å². The maximum absolute atomic E-state index is 3.91. The molecule has 2 aliphatic carbocycles. The van der Waals surface area contributed by atoms with E-state index >= 15 is 0 Å². The first-order valence-electron chi connectivity index (χ1n) is 8.88. The van der Waals surface area contributed by atoms with Crippen LogP contribution < -0.4 is 5.32 Å². The minimum atomic E-state index is 0.820. The molecule has 1 N–H and O–H groups in total. The highest BCUT2D eigenvalue weighted by atomic mass is 14.9. The van der Waals surface area contributed by atoms with Crippen LogP contribution in [0.2, 0.25) is 0 Å². The highest BCUT2D eigenvalue weighted by Gasteiger charge is 2.23. The van der Waals surface area contributed by atoms with Gasteiger partial charge in [0.25, 0.3) is 0 Å². The first-order valence-corrected chi connectivity index (χ1v) is 8.88. The molecule has 0 bridgehead atoms. The van der Waals surface area contributed by atoms with E-state index in [0.29, 0.717) is 0 Å². The van der Waals surface area contributed by atoms with Crippen LogP contribution in [0, 0.1) is 23.7 Å². The lowest BCUT2D eigenvalue weighted by molar-refractivity contribution is 0.262. The minimum absolute atomic E-state index is 0.820. The average molecular weight is 265 g/mol. The molecule has 0 spiro atoms. The monoisotopic (exact) mass is 265 g/mol. The van der Waals surface area contributed by atoms with E-state index in [1.54, 1.807) is 0 Å². The third kappa shape index (κ3) is 5.10. The van der Waals surface area contributed by atoms with E-state index in [1.807, 2.05) is 0 Å². The Morgan fingerprint density at radius 1 is 0.947 bits per heavy atom. The van der Waals surface area contributed by atoms with E-state index < -0.39 is 0 Å². The van der Waals surface area contributed by atoms with Crippen LogP contribution in [0.5, 0.6) is 0 Å². The summed E-state index contributed by atoms with van der Waals surface area (Å²) in [6.07, 6.45) is 13.1. The average Bonchev–Trinajstić information content (AvgIpc) is 2.62. The lowest BCUT2D eigenvalue weighted by Gasteiger charge is -2.28. The lowest BCUT2D eigenvalue weighted by Crippen LogP contribution is -2.34. The summed E-state index contributed by atoms with van der Waals surface area (Å²) in [4.78, 5) is 0. The molecule has 0 amide bonds. The predicted octanol–water partition coefficient (Wildman–Crippen LogP) is 5.01. The number of hydrogen-bond donors (Lipinski definition) is 1. The molecule has 112 valence electrons. The Balaban J connectivity index is 1.68. The molecule has 1 heteroatoms. The zero-order valence-corrected chi connectivity index (χ0v) is 13.5. The molecular weight excluding hydrogens is 230 g/mol. The number of hydrogen-bond acceptors (Lipinski definition) is 1. The van der Waals surface area contributed by atoms with Crippen LogP contribution in [-0.4, -0.2) is 12.6 Å². The molecule has 0 saturated heterocycles. The first kappa shape index (κ1) is 15.4. The van der Waals surface area contributed by atoms with Gasteiger partial charge in [-0.3, -0.25) is 0 Å². The first-order chi connectivity index (χ1) is 9.15. The van der Waals surface area contributed by atoms with Gasteiger partial charge in [0.2, 0.25) is 0 Å². The fraction of sp³-hybridized carbons (Fsp3) is 1.00. The van der Waals surface area contributed by atoms with Crippen molar-refractivity contribution >= 4 is 0 Å². The van der Waals surface area contributed by atoms with Crippen molar-refractivity contribution in [3.05, 3.63) is 0 Å². The third-order valence-electron chi connectivity index (χ3n) is 5.70. The Bertz CT molecular complexity index is 248. The van der Waals surface area contributed by atoms with Crippen LogP contribution in [0.15, 0.2) is 0 Å². The van der Waals surface area contributed by atoms with Crippen LogP contribution >= 0.6 is 0 Å². The summed E-state index contributed by atoms with van der Waals surface area (Å²) in [5.74, 6) is 3.81. The summed E-state index contributed by atoms with van der Waals surface area (Å²) >= 11 is 0. The van der Waals surface area contributed by atoms with E-state index in [2.05, 4.69) is 26.1 Å². The summed E-state index contributed by atoms with van der Waals surface area (Å²) in [5.41, 5.74) is 0. The summed E-state index contributed by atoms with van der Waals surface area (Å²) in [7, 11) is 0. The Morgan fingerprint density at radius 3 is 2.47 bits per heavy atom. The second-order valence-corrected chi connectivity index (χ2v) is 7.76. The van der Waals surface area contributed by atoms with Crippen molar-refractivity contribution in [3.8, 4) is 0 Å². The fourth-order valence-corrected chi connectivity index (χ4v) is 4.28. The van der Waals surface area contributed by atoms with Crippen molar-refractivity contribution in [2.75, 3.05) is 6.54 Å². The van der Waals surface area contributed by atoms with Gasteiger partial charge in [0, 0.05) is 6.04 Å².